The third-order valence-electron chi connectivity index (χ3n) is 3.77. The second-order valence-electron chi connectivity index (χ2n) is 5.56. The minimum atomic E-state index is -0.0546. The number of carbonyl (C=O) groups is 1. The minimum Gasteiger partial charge on any atom is -0.383 e. The van der Waals surface area contributed by atoms with E-state index in [1.165, 1.54) is 0 Å². The van der Waals surface area contributed by atoms with Gasteiger partial charge < -0.3 is 10.6 Å². The van der Waals surface area contributed by atoms with E-state index in [0.717, 1.165) is 27.8 Å². The van der Waals surface area contributed by atoms with E-state index >= 15 is 0 Å². The molecule has 4 nitrogen and oxygen atoms in total. The Kier molecular flexibility index (Phi) is 4.96. The van der Waals surface area contributed by atoms with Gasteiger partial charge in [-0.05, 0) is 36.8 Å². The Balaban J connectivity index is 1.59. The number of rotatable bonds is 5. The van der Waals surface area contributed by atoms with Gasteiger partial charge in [0, 0.05) is 35.3 Å². The first-order valence-electron chi connectivity index (χ1n) is 7.77. The van der Waals surface area contributed by atoms with Crippen molar-refractivity contribution >= 4 is 39.8 Å². The van der Waals surface area contributed by atoms with Crippen LogP contribution in [0.4, 0.5) is 11.4 Å². The summed E-state index contributed by atoms with van der Waals surface area (Å²) in [6, 6.07) is 15.3. The van der Waals surface area contributed by atoms with Crippen LogP contribution in [0.2, 0.25) is 5.02 Å². The van der Waals surface area contributed by atoms with Crippen LogP contribution in [0.1, 0.15) is 12.0 Å². The van der Waals surface area contributed by atoms with Crippen molar-refractivity contribution in [2.24, 2.45) is 0 Å². The highest BCUT2D eigenvalue weighted by molar-refractivity contribution is 6.31. The fourth-order valence-corrected chi connectivity index (χ4v) is 2.67. The molecule has 0 saturated carbocycles. The largest absolute Gasteiger partial charge is 0.383 e. The predicted molar refractivity (Wildman–Crippen MR) is 99.7 cm³/mol. The van der Waals surface area contributed by atoms with Crippen LogP contribution in [0.5, 0.6) is 0 Å². The smallest absolute Gasteiger partial charge is 0.226 e. The average molecular weight is 340 g/mol. The maximum atomic E-state index is 12.1. The normalized spacial score (nSPS) is 10.6. The number of nitrogens with zero attached hydrogens (tertiary/aromatic N) is 1. The number of benzene rings is 2. The van der Waals surface area contributed by atoms with E-state index in [2.05, 4.69) is 15.6 Å². The molecule has 0 bridgehead atoms. The van der Waals surface area contributed by atoms with E-state index in [-0.39, 0.29) is 5.91 Å². The van der Waals surface area contributed by atoms with Crippen molar-refractivity contribution in [2.45, 2.75) is 13.3 Å². The van der Waals surface area contributed by atoms with Gasteiger partial charge in [-0.15, -0.1) is 0 Å². The van der Waals surface area contributed by atoms with E-state index in [9.17, 15) is 4.79 Å². The average Bonchev–Trinajstić information content (AvgIpc) is 2.58. The molecular weight excluding hydrogens is 322 g/mol. The number of halogens is 1. The number of amides is 1. The SMILES string of the molecule is Cc1ccc(Cl)cc1NC(=O)CCNc1cccc2cccnc12. The number of pyridine rings is 1. The maximum absolute atomic E-state index is 12.1. The summed E-state index contributed by atoms with van der Waals surface area (Å²) in [5, 5.41) is 7.85. The molecule has 3 rings (SSSR count). The van der Waals surface area contributed by atoms with Gasteiger partial charge in [-0.1, -0.05) is 35.9 Å². The minimum absolute atomic E-state index is 0.0546. The van der Waals surface area contributed by atoms with Gasteiger partial charge in [-0.25, -0.2) is 0 Å². The van der Waals surface area contributed by atoms with Gasteiger partial charge in [0.15, 0.2) is 0 Å². The number of hydrogen-bond donors (Lipinski definition) is 2. The highest BCUT2D eigenvalue weighted by Crippen LogP contribution is 2.21. The number of nitrogens with one attached hydrogen (secondary N) is 2. The summed E-state index contributed by atoms with van der Waals surface area (Å²) >= 11 is 5.97. The summed E-state index contributed by atoms with van der Waals surface area (Å²) in [4.78, 5) is 16.5. The van der Waals surface area contributed by atoms with Crippen LogP contribution in [0.15, 0.2) is 54.7 Å². The van der Waals surface area contributed by atoms with Crippen LogP contribution >= 0.6 is 11.6 Å². The lowest BCUT2D eigenvalue weighted by molar-refractivity contribution is -0.115. The van der Waals surface area contributed by atoms with Crippen LogP contribution in [0, 0.1) is 6.92 Å². The highest BCUT2D eigenvalue weighted by atomic mass is 35.5. The van der Waals surface area contributed by atoms with E-state index in [0.29, 0.717) is 18.0 Å². The molecule has 2 aromatic carbocycles. The molecule has 1 heterocycles. The summed E-state index contributed by atoms with van der Waals surface area (Å²) < 4.78 is 0. The molecule has 0 unspecified atom stereocenters. The molecule has 5 heteroatoms. The second kappa shape index (κ2) is 7.32. The zero-order valence-corrected chi connectivity index (χ0v) is 14.1. The summed E-state index contributed by atoms with van der Waals surface area (Å²) in [5.41, 5.74) is 3.57. The zero-order chi connectivity index (χ0) is 16.9. The summed E-state index contributed by atoms with van der Waals surface area (Å²) in [7, 11) is 0. The van der Waals surface area contributed by atoms with Gasteiger partial charge in [-0.2, -0.15) is 0 Å². The van der Waals surface area contributed by atoms with Gasteiger partial charge in [0.2, 0.25) is 5.91 Å². The number of aromatic nitrogens is 1. The van der Waals surface area contributed by atoms with Crippen LogP contribution < -0.4 is 10.6 Å². The lowest BCUT2D eigenvalue weighted by Crippen LogP contribution is -2.17. The number of fused-ring (bicyclic) bond motifs is 1. The maximum Gasteiger partial charge on any atom is 0.226 e. The van der Waals surface area contributed by atoms with Crippen molar-refractivity contribution in [3.63, 3.8) is 0 Å². The molecule has 0 radical (unpaired) electrons. The molecule has 0 aliphatic rings. The highest BCUT2D eigenvalue weighted by Gasteiger charge is 2.06. The first kappa shape index (κ1) is 16.3. The number of anilines is 2. The molecule has 0 saturated heterocycles. The topological polar surface area (TPSA) is 54.0 Å². The molecule has 3 aromatic rings. The van der Waals surface area contributed by atoms with Crippen molar-refractivity contribution in [1.29, 1.82) is 0 Å². The molecule has 0 spiro atoms. The number of para-hydroxylation sites is 1. The molecule has 122 valence electrons. The molecular formula is C19H18ClN3O. The fourth-order valence-electron chi connectivity index (χ4n) is 2.50. The summed E-state index contributed by atoms with van der Waals surface area (Å²) in [5.74, 6) is -0.0546. The van der Waals surface area contributed by atoms with Crippen molar-refractivity contribution < 1.29 is 4.79 Å². The Morgan fingerprint density at radius 3 is 2.83 bits per heavy atom. The quantitative estimate of drug-likeness (QED) is 0.712. The Labute approximate surface area is 145 Å². The van der Waals surface area contributed by atoms with Crippen LogP contribution in [0.25, 0.3) is 10.9 Å². The van der Waals surface area contributed by atoms with Crippen LogP contribution in [-0.2, 0) is 4.79 Å². The summed E-state index contributed by atoms with van der Waals surface area (Å²) in [6.07, 6.45) is 2.12. The third-order valence-corrected chi connectivity index (χ3v) is 4.01. The molecule has 24 heavy (non-hydrogen) atoms. The Hall–Kier alpha value is -2.59. The lowest BCUT2D eigenvalue weighted by atomic mass is 10.2. The van der Waals surface area contributed by atoms with Crippen LogP contribution in [0.3, 0.4) is 0 Å². The van der Waals surface area contributed by atoms with Gasteiger partial charge in [0.1, 0.15) is 0 Å². The Bertz CT molecular complexity index is 874. The van der Waals surface area contributed by atoms with Crippen LogP contribution in [-0.4, -0.2) is 17.4 Å². The fraction of sp³-hybridized carbons (Fsp3) is 0.158. The van der Waals surface area contributed by atoms with Gasteiger partial charge >= 0.3 is 0 Å². The Morgan fingerprint density at radius 1 is 1.12 bits per heavy atom. The zero-order valence-electron chi connectivity index (χ0n) is 13.3. The van der Waals surface area contributed by atoms with Gasteiger partial charge in [-0.3, -0.25) is 9.78 Å². The second-order valence-corrected chi connectivity index (χ2v) is 6.00. The Morgan fingerprint density at radius 2 is 1.96 bits per heavy atom. The number of aryl methyl sites for hydroxylation is 1. The van der Waals surface area contributed by atoms with Crippen molar-refractivity contribution in [1.82, 2.24) is 4.98 Å². The molecule has 0 aliphatic heterocycles. The monoisotopic (exact) mass is 339 g/mol. The third kappa shape index (κ3) is 3.84. The van der Waals surface area contributed by atoms with Crippen molar-refractivity contribution in [2.75, 3.05) is 17.2 Å². The molecule has 0 atom stereocenters. The molecule has 1 amide bonds. The lowest BCUT2D eigenvalue weighted by Gasteiger charge is -2.11. The van der Waals surface area contributed by atoms with E-state index in [4.69, 9.17) is 11.6 Å². The first-order valence-corrected chi connectivity index (χ1v) is 8.15. The van der Waals surface area contributed by atoms with E-state index < -0.39 is 0 Å². The van der Waals surface area contributed by atoms with E-state index in [1.807, 2.05) is 49.4 Å². The predicted octanol–water partition coefficient (Wildman–Crippen LogP) is 4.64. The first-order chi connectivity index (χ1) is 11.6. The van der Waals surface area contributed by atoms with Gasteiger partial charge in [0.05, 0.1) is 11.2 Å². The molecule has 0 aliphatic carbocycles. The summed E-state index contributed by atoms with van der Waals surface area (Å²) in [6.45, 7) is 2.47. The number of hydrogen-bond acceptors (Lipinski definition) is 3. The van der Waals surface area contributed by atoms with Crippen molar-refractivity contribution in [3.8, 4) is 0 Å². The van der Waals surface area contributed by atoms with Gasteiger partial charge in [0.25, 0.3) is 0 Å². The molecule has 2 N–H and O–H groups in total. The number of carbonyl (C=O) groups excluding carboxylic acids is 1. The van der Waals surface area contributed by atoms with E-state index in [1.54, 1.807) is 12.3 Å². The molecule has 0 fully saturated rings. The van der Waals surface area contributed by atoms with Crippen molar-refractivity contribution in [3.05, 3.63) is 65.3 Å². The standard InChI is InChI=1S/C19H18ClN3O/c1-13-7-8-15(20)12-17(13)23-18(24)9-11-21-16-6-2-4-14-5-3-10-22-19(14)16/h2-8,10,12,21H,9,11H2,1H3,(H,23,24). The molecule has 1 aromatic heterocycles.